The van der Waals surface area contributed by atoms with Gasteiger partial charge in [0.05, 0.1) is 0 Å². The summed E-state index contributed by atoms with van der Waals surface area (Å²) in [5.41, 5.74) is 0. The molecule has 0 aromatic carbocycles. The van der Waals surface area contributed by atoms with Crippen molar-refractivity contribution in [2.24, 2.45) is 0 Å². The van der Waals surface area contributed by atoms with Gasteiger partial charge < -0.3 is 14.2 Å². The summed E-state index contributed by atoms with van der Waals surface area (Å²) in [6.45, 7) is 6.70. The largest absolute Gasteiger partial charge is 0.462 e. The average molecular weight is 1140 g/mol. The van der Waals surface area contributed by atoms with Gasteiger partial charge in [0, 0.05) is 19.3 Å². The van der Waals surface area contributed by atoms with Crippen molar-refractivity contribution < 1.29 is 28.6 Å². The van der Waals surface area contributed by atoms with Crippen LogP contribution in [0.25, 0.3) is 0 Å². The van der Waals surface area contributed by atoms with E-state index in [1.807, 2.05) is 0 Å². The Morgan fingerprint density at radius 1 is 0.247 bits per heavy atom. The Morgan fingerprint density at radius 3 is 0.691 bits per heavy atom. The van der Waals surface area contributed by atoms with E-state index in [4.69, 9.17) is 14.2 Å². The maximum absolute atomic E-state index is 13.0. The van der Waals surface area contributed by atoms with Crippen LogP contribution in [0.3, 0.4) is 0 Å². The van der Waals surface area contributed by atoms with Crippen LogP contribution in [0.5, 0.6) is 0 Å². The molecule has 0 N–H and O–H groups in total. The lowest BCUT2D eigenvalue weighted by Crippen LogP contribution is -2.30. The van der Waals surface area contributed by atoms with Gasteiger partial charge in [-0.15, -0.1) is 0 Å². The number of hydrogen-bond acceptors (Lipinski definition) is 6. The van der Waals surface area contributed by atoms with Crippen LogP contribution in [0.15, 0.2) is 36.5 Å². The van der Waals surface area contributed by atoms with Gasteiger partial charge in [-0.25, -0.2) is 0 Å². The third kappa shape index (κ3) is 68.3. The molecule has 0 aliphatic heterocycles. The molecule has 1 atom stereocenters. The van der Waals surface area contributed by atoms with Crippen LogP contribution in [-0.4, -0.2) is 37.2 Å². The molecule has 1 unspecified atom stereocenters. The molecular weight excluding hydrogens is 997 g/mol. The van der Waals surface area contributed by atoms with Crippen molar-refractivity contribution in [1.29, 1.82) is 0 Å². The van der Waals surface area contributed by atoms with Crippen LogP contribution in [0.1, 0.15) is 406 Å². The van der Waals surface area contributed by atoms with Gasteiger partial charge in [0.15, 0.2) is 6.10 Å². The predicted molar refractivity (Wildman–Crippen MR) is 353 cm³/mol. The summed E-state index contributed by atoms with van der Waals surface area (Å²) in [5, 5.41) is 0. The first-order valence-electron chi connectivity index (χ1n) is 36.5. The fourth-order valence-electron chi connectivity index (χ4n) is 11.1. The number of carbonyl (C=O) groups is 3. The van der Waals surface area contributed by atoms with E-state index in [1.165, 1.54) is 295 Å². The van der Waals surface area contributed by atoms with Crippen molar-refractivity contribution in [2.45, 2.75) is 412 Å². The Labute approximate surface area is 506 Å². The van der Waals surface area contributed by atoms with Gasteiger partial charge >= 0.3 is 17.9 Å². The van der Waals surface area contributed by atoms with Crippen molar-refractivity contribution in [2.75, 3.05) is 13.2 Å². The van der Waals surface area contributed by atoms with Crippen molar-refractivity contribution in [3.8, 4) is 0 Å². The standard InChI is InChI=1S/C75H140O6/c1-4-7-10-13-16-19-22-25-28-31-33-35-36-37-38-39-41-42-44-47-50-53-56-59-62-65-68-74(77)80-71-72(70-79-73(76)67-64-61-58-55-52-49-46-30-27-24-21-18-15-12-9-6-3)81-75(78)69-66-63-60-57-54-51-48-45-43-40-34-32-29-26-23-20-17-14-11-8-5-2/h23,26,30,32,34,46,72H,4-22,24-25,27-29,31,33,35-45,47-71H2,1-3H3/b26-23-,34-32-,46-30-. The predicted octanol–water partition coefficient (Wildman–Crippen LogP) is 25.1. The summed E-state index contributed by atoms with van der Waals surface area (Å²) in [4.78, 5) is 38.5. The second kappa shape index (κ2) is 70.1. The summed E-state index contributed by atoms with van der Waals surface area (Å²) >= 11 is 0. The molecule has 0 aromatic rings. The summed E-state index contributed by atoms with van der Waals surface area (Å²) in [5.74, 6) is -0.854. The molecule has 6 nitrogen and oxygen atoms in total. The fraction of sp³-hybridized carbons (Fsp3) is 0.880. The molecule has 0 saturated heterocycles. The van der Waals surface area contributed by atoms with E-state index in [-0.39, 0.29) is 31.1 Å². The molecule has 0 radical (unpaired) electrons. The Morgan fingerprint density at radius 2 is 0.444 bits per heavy atom. The number of hydrogen-bond donors (Lipinski definition) is 0. The lowest BCUT2D eigenvalue weighted by atomic mass is 10.0. The second-order valence-corrected chi connectivity index (χ2v) is 24.9. The highest BCUT2D eigenvalue weighted by Crippen LogP contribution is 2.19. The highest BCUT2D eigenvalue weighted by molar-refractivity contribution is 5.71. The van der Waals surface area contributed by atoms with Gasteiger partial charge in [-0.05, 0) is 77.0 Å². The summed E-state index contributed by atoms with van der Waals surface area (Å²) in [7, 11) is 0. The molecule has 0 aliphatic carbocycles. The van der Waals surface area contributed by atoms with Gasteiger partial charge in [-0.2, -0.15) is 0 Å². The molecule has 6 heteroatoms. The molecule has 0 saturated carbocycles. The highest BCUT2D eigenvalue weighted by Gasteiger charge is 2.19. The van der Waals surface area contributed by atoms with Crippen LogP contribution in [0, 0.1) is 0 Å². The Hall–Kier alpha value is -2.37. The molecule has 0 aromatic heterocycles. The Kier molecular flexibility index (Phi) is 68.1. The number of ether oxygens (including phenoxy) is 3. The van der Waals surface area contributed by atoms with Gasteiger partial charge in [0.1, 0.15) is 13.2 Å². The van der Waals surface area contributed by atoms with Crippen LogP contribution in [0.2, 0.25) is 0 Å². The lowest BCUT2D eigenvalue weighted by molar-refractivity contribution is -0.167. The topological polar surface area (TPSA) is 78.9 Å². The van der Waals surface area contributed by atoms with Gasteiger partial charge in [-0.3, -0.25) is 14.4 Å². The molecular formula is C75H140O6. The molecule has 81 heavy (non-hydrogen) atoms. The number of allylic oxidation sites excluding steroid dienone is 6. The number of unbranched alkanes of at least 4 members (excludes halogenated alkanes) is 51. The minimum Gasteiger partial charge on any atom is -0.462 e. The van der Waals surface area contributed by atoms with Crippen molar-refractivity contribution >= 4 is 17.9 Å². The minimum absolute atomic E-state index is 0.0717. The average Bonchev–Trinajstić information content (AvgIpc) is 3.47. The fourth-order valence-corrected chi connectivity index (χ4v) is 11.1. The zero-order valence-electron chi connectivity index (χ0n) is 54.8. The highest BCUT2D eigenvalue weighted by atomic mass is 16.6. The van der Waals surface area contributed by atoms with E-state index in [0.717, 1.165) is 70.6 Å². The van der Waals surface area contributed by atoms with E-state index < -0.39 is 6.10 Å². The van der Waals surface area contributed by atoms with E-state index in [2.05, 4.69) is 57.2 Å². The minimum atomic E-state index is -0.777. The molecule has 0 spiro atoms. The Bertz CT molecular complexity index is 1350. The van der Waals surface area contributed by atoms with Crippen LogP contribution < -0.4 is 0 Å². The normalized spacial score (nSPS) is 12.2. The third-order valence-corrected chi connectivity index (χ3v) is 16.6. The molecule has 0 rings (SSSR count). The summed E-state index contributed by atoms with van der Waals surface area (Å²) in [6, 6.07) is 0. The molecule has 0 fully saturated rings. The summed E-state index contributed by atoms with van der Waals surface area (Å²) < 4.78 is 17.0. The van der Waals surface area contributed by atoms with Crippen molar-refractivity contribution in [3.05, 3.63) is 36.5 Å². The molecule has 476 valence electrons. The quantitative estimate of drug-likeness (QED) is 0.0261. The van der Waals surface area contributed by atoms with Crippen molar-refractivity contribution in [1.82, 2.24) is 0 Å². The monoisotopic (exact) mass is 1140 g/mol. The number of esters is 3. The Balaban J connectivity index is 4.27. The van der Waals surface area contributed by atoms with Crippen LogP contribution in [0.4, 0.5) is 0 Å². The molecule has 0 heterocycles. The SMILES string of the molecule is CCCCCCC/C=C\C/C=C\CCCCCCCCCCCC(=O)OC(COC(=O)CCCCCCC/C=C\CCCCCCCCC)COC(=O)CCCCCCCCCCCCCCCCCCCCCCCCCCCC. The van der Waals surface area contributed by atoms with E-state index >= 15 is 0 Å². The van der Waals surface area contributed by atoms with Gasteiger partial charge in [-0.1, -0.05) is 346 Å². The van der Waals surface area contributed by atoms with Gasteiger partial charge in [0.2, 0.25) is 0 Å². The molecule has 0 bridgehead atoms. The zero-order chi connectivity index (χ0) is 58.5. The first-order chi connectivity index (χ1) is 40.0. The van der Waals surface area contributed by atoms with Crippen LogP contribution in [-0.2, 0) is 28.6 Å². The maximum atomic E-state index is 13.0. The maximum Gasteiger partial charge on any atom is 0.306 e. The molecule has 0 amide bonds. The third-order valence-electron chi connectivity index (χ3n) is 16.6. The number of carbonyl (C=O) groups excluding carboxylic acids is 3. The lowest BCUT2D eigenvalue weighted by Gasteiger charge is -2.18. The summed E-state index contributed by atoms with van der Waals surface area (Å²) in [6.07, 6.45) is 87.5. The molecule has 0 aliphatic rings. The first kappa shape index (κ1) is 78.6. The smallest absolute Gasteiger partial charge is 0.306 e. The van der Waals surface area contributed by atoms with E-state index in [1.54, 1.807) is 0 Å². The van der Waals surface area contributed by atoms with E-state index in [9.17, 15) is 14.4 Å². The van der Waals surface area contributed by atoms with Crippen LogP contribution >= 0.6 is 0 Å². The zero-order valence-corrected chi connectivity index (χ0v) is 54.8. The van der Waals surface area contributed by atoms with E-state index in [0.29, 0.717) is 19.3 Å². The second-order valence-electron chi connectivity index (χ2n) is 24.9. The van der Waals surface area contributed by atoms with Gasteiger partial charge in [0.25, 0.3) is 0 Å². The first-order valence-corrected chi connectivity index (χ1v) is 36.5. The van der Waals surface area contributed by atoms with Crippen molar-refractivity contribution in [3.63, 3.8) is 0 Å². The number of rotatable bonds is 68.